The molecule has 0 bridgehead atoms. The predicted octanol–water partition coefficient (Wildman–Crippen LogP) is 4.28. The zero-order valence-corrected chi connectivity index (χ0v) is 20.0. The number of hydrogen-bond acceptors (Lipinski definition) is 6. The van der Waals surface area contributed by atoms with Crippen LogP contribution >= 0.6 is 0 Å². The summed E-state index contributed by atoms with van der Waals surface area (Å²) in [6.45, 7) is 4.11. The van der Waals surface area contributed by atoms with E-state index < -0.39 is 18.2 Å². The van der Waals surface area contributed by atoms with Crippen LogP contribution in [0.4, 0.5) is 0 Å². The molecule has 1 aromatic carbocycles. The molecular formula is C26H37N3O4. The summed E-state index contributed by atoms with van der Waals surface area (Å²) in [4.78, 5) is 34.1. The van der Waals surface area contributed by atoms with Crippen LogP contribution in [0.25, 0.3) is 11.0 Å². The molecule has 2 aromatic rings. The normalized spacial score (nSPS) is 17.5. The number of nitrogens with zero attached hydrogens (tertiary/aromatic N) is 2. The molecule has 0 aliphatic heterocycles. The first-order valence-corrected chi connectivity index (χ1v) is 12.2. The SMILES string of the molecule is CNC(=O)[C@@H](CC(C)C)C[C@H](O)[C@H](CC1CCCCC1)OC(=O)c1cnc2ccccc2n1. The zero-order valence-electron chi connectivity index (χ0n) is 20.0. The molecule has 1 aliphatic rings. The van der Waals surface area contributed by atoms with E-state index >= 15 is 0 Å². The van der Waals surface area contributed by atoms with Gasteiger partial charge in [0, 0.05) is 13.0 Å². The summed E-state index contributed by atoms with van der Waals surface area (Å²) in [6, 6.07) is 7.34. The molecule has 180 valence electrons. The number of fused-ring (bicyclic) bond motifs is 1. The average molecular weight is 456 g/mol. The van der Waals surface area contributed by atoms with Crippen LogP contribution in [0, 0.1) is 17.8 Å². The van der Waals surface area contributed by atoms with Gasteiger partial charge < -0.3 is 15.2 Å². The van der Waals surface area contributed by atoms with Crippen LogP contribution in [-0.4, -0.2) is 46.2 Å². The van der Waals surface area contributed by atoms with E-state index in [0.29, 0.717) is 35.7 Å². The Balaban J connectivity index is 1.76. The smallest absolute Gasteiger partial charge is 0.358 e. The first kappa shape index (κ1) is 25.1. The molecule has 3 atom stereocenters. The number of para-hydroxylation sites is 2. The summed E-state index contributed by atoms with van der Waals surface area (Å²) >= 11 is 0. The fraction of sp³-hybridized carbons (Fsp3) is 0.615. The van der Waals surface area contributed by atoms with E-state index in [2.05, 4.69) is 29.1 Å². The topological polar surface area (TPSA) is 101 Å². The molecule has 1 saturated carbocycles. The van der Waals surface area contributed by atoms with Gasteiger partial charge in [-0.25, -0.2) is 9.78 Å². The van der Waals surface area contributed by atoms with E-state index in [1.165, 1.54) is 12.6 Å². The molecule has 1 aliphatic carbocycles. The Kier molecular flexibility index (Phi) is 9.18. The largest absolute Gasteiger partial charge is 0.455 e. The second-order valence-electron chi connectivity index (χ2n) is 9.67. The monoisotopic (exact) mass is 455 g/mol. The summed E-state index contributed by atoms with van der Waals surface area (Å²) in [5.41, 5.74) is 1.45. The molecule has 0 spiro atoms. The van der Waals surface area contributed by atoms with Crippen molar-refractivity contribution in [3.8, 4) is 0 Å². The van der Waals surface area contributed by atoms with Crippen LogP contribution in [-0.2, 0) is 9.53 Å². The van der Waals surface area contributed by atoms with Crippen LogP contribution in [0.3, 0.4) is 0 Å². The van der Waals surface area contributed by atoms with E-state index in [4.69, 9.17) is 4.74 Å². The highest BCUT2D eigenvalue weighted by molar-refractivity contribution is 5.89. The van der Waals surface area contributed by atoms with E-state index in [1.807, 2.05) is 18.2 Å². The average Bonchev–Trinajstić information content (AvgIpc) is 2.82. The lowest BCUT2D eigenvalue weighted by molar-refractivity contribution is -0.127. The molecule has 1 amide bonds. The van der Waals surface area contributed by atoms with Crippen molar-refractivity contribution in [2.75, 3.05) is 7.05 Å². The van der Waals surface area contributed by atoms with Crippen LogP contribution < -0.4 is 5.32 Å². The van der Waals surface area contributed by atoms with Gasteiger partial charge in [0.1, 0.15) is 6.10 Å². The maximum atomic E-state index is 13.0. The Morgan fingerprint density at radius 3 is 2.48 bits per heavy atom. The lowest BCUT2D eigenvalue weighted by Gasteiger charge is -2.31. The van der Waals surface area contributed by atoms with Crippen molar-refractivity contribution >= 4 is 22.9 Å². The van der Waals surface area contributed by atoms with Gasteiger partial charge in [-0.05, 0) is 43.2 Å². The lowest BCUT2D eigenvalue weighted by Crippen LogP contribution is -2.38. The molecule has 1 fully saturated rings. The second kappa shape index (κ2) is 12.1. The Labute approximate surface area is 196 Å². The second-order valence-corrected chi connectivity index (χ2v) is 9.67. The highest BCUT2D eigenvalue weighted by Gasteiger charge is 2.32. The van der Waals surface area contributed by atoms with Crippen LogP contribution in [0.15, 0.2) is 30.5 Å². The van der Waals surface area contributed by atoms with Crippen molar-refractivity contribution in [3.63, 3.8) is 0 Å². The molecule has 7 nitrogen and oxygen atoms in total. The first-order valence-electron chi connectivity index (χ1n) is 12.2. The number of hydrogen-bond donors (Lipinski definition) is 2. The van der Waals surface area contributed by atoms with Crippen molar-refractivity contribution in [2.24, 2.45) is 17.8 Å². The molecule has 0 radical (unpaired) electrons. The number of aliphatic hydroxyl groups excluding tert-OH is 1. The van der Waals surface area contributed by atoms with Gasteiger partial charge in [-0.3, -0.25) is 9.78 Å². The van der Waals surface area contributed by atoms with Crippen LogP contribution in [0.1, 0.15) is 75.7 Å². The van der Waals surface area contributed by atoms with Gasteiger partial charge in [0.05, 0.1) is 23.3 Å². The Hall–Kier alpha value is -2.54. The molecule has 0 unspecified atom stereocenters. The van der Waals surface area contributed by atoms with Crippen molar-refractivity contribution < 1.29 is 19.4 Å². The highest BCUT2D eigenvalue weighted by atomic mass is 16.6. The van der Waals surface area contributed by atoms with Gasteiger partial charge in [0.15, 0.2) is 5.69 Å². The fourth-order valence-electron chi connectivity index (χ4n) is 4.82. The van der Waals surface area contributed by atoms with Gasteiger partial charge >= 0.3 is 5.97 Å². The standard InChI is InChI=1S/C26H37N3O4/c1-17(2)13-19(25(31)27-3)15-23(30)24(14-18-9-5-4-6-10-18)33-26(32)22-16-28-20-11-7-8-12-21(20)29-22/h7-8,11-12,16-19,23-24,30H,4-6,9-10,13-15H2,1-3H3,(H,27,31)/t19-,23-,24-/m0/s1. The van der Waals surface area contributed by atoms with Crippen LogP contribution in [0.5, 0.6) is 0 Å². The van der Waals surface area contributed by atoms with Crippen LogP contribution in [0.2, 0.25) is 0 Å². The lowest BCUT2D eigenvalue weighted by atomic mass is 9.82. The minimum atomic E-state index is -0.926. The number of carbonyl (C=O) groups excluding carboxylic acids is 2. The quantitative estimate of drug-likeness (QED) is 0.519. The number of amides is 1. The number of rotatable bonds is 10. The molecular weight excluding hydrogens is 418 g/mol. The van der Waals surface area contributed by atoms with Gasteiger partial charge in [0.2, 0.25) is 5.91 Å². The van der Waals surface area contributed by atoms with E-state index in [1.54, 1.807) is 13.1 Å². The number of esters is 1. The summed E-state index contributed by atoms with van der Waals surface area (Å²) in [6.07, 6.45) is 7.00. The minimum Gasteiger partial charge on any atom is -0.455 e. The van der Waals surface area contributed by atoms with Gasteiger partial charge in [0.25, 0.3) is 0 Å². The van der Waals surface area contributed by atoms with Gasteiger partial charge in [-0.1, -0.05) is 58.1 Å². The number of ether oxygens (including phenoxy) is 1. The van der Waals surface area contributed by atoms with E-state index in [9.17, 15) is 14.7 Å². The summed E-state index contributed by atoms with van der Waals surface area (Å²) in [5, 5.41) is 13.8. The maximum Gasteiger partial charge on any atom is 0.358 e. The Bertz CT molecular complexity index is 927. The van der Waals surface area contributed by atoms with E-state index in [-0.39, 0.29) is 23.9 Å². The van der Waals surface area contributed by atoms with Gasteiger partial charge in [-0.15, -0.1) is 0 Å². The third-order valence-corrected chi connectivity index (χ3v) is 6.53. The summed E-state index contributed by atoms with van der Waals surface area (Å²) in [7, 11) is 1.61. The maximum absolute atomic E-state index is 13.0. The summed E-state index contributed by atoms with van der Waals surface area (Å²) in [5.74, 6) is -0.304. The van der Waals surface area contributed by atoms with Crippen molar-refractivity contribution in [3.05, 3.63) is 36.2 Å². The molecule has 1 heterocycles. The molecule has 33 heavy (non-hydrogen) atoms. The molecule has 3 rings (SSSR count). The van der Waals surface area contributed by atoms with E-state index in [0.717, 1.165) is 25.7 Å². The molecule has 7 heteroatoms. The van der Waals surface area contributed by atoms with Crippen molar-refractivity contribution in [1.29, 1.82) is 0 Å². The minimum absolute atomic E-state index is 0.0918. The zero-order chi connectivity index (χ0) is 23.8. The predicted molar refractivity (Wildman–Crippen MR) is 128 cm³/mol. The Morgan fingerprint density at radius 2 is 1.82 bits per heavy atom. The molecule has 2 N–H and O–H groups in total. The van der Waals surface area contributed by atoms with Crippen molar-refractivity contribution in [2.45, 2.75) is 77.4 Å². The third-order valence-electron chi connectivity index (χ3n) is 6.53. The highest BCUT2D eigenvalue weighted by Crippen LogP contribution is 2.31. The van der Waals surface area contributed by atoms with Gasteiger partial charge in [-0.2, -0.15) is 0 Å². The Morgan fingerprint density at radius 1 is 1.12 bits per heavy atom. The first-order chi connectivity index (χ1) is 15.9. The fourth-order valence-corrected chi connectivity index (χ4v) is 4.82. The molecule has 0 saturated heterocycles. The molecule has 1 aromatic heterocycles. The number of aliphatic hydroxyl groups is 1. The third kappa shape index (κ3) is 7.22. The number of nitrogens with one attached hydrogen (secondary N) is 1. The summed E-state index contributed by atoms with van der Waals surface area (Å²) < 4.78 is 5.85. The van der Waals surface area contributed by atoms with Crippen molar-refractivity contribution in [1.82, 2.24) is 15.3 Å². The number of benzene rings is 1. The number of aromatic nitrogens is 2. The number of carbonyl (C=O) groups is 2.